The van der Waals surface area contributed by atoms with Crippen LogP contribution in [0.1, 0.15) is 10.4 Å². The Morgan fingerprint density at radius 2 is 1.80 bits per heavy atom. The number of hydrogen-bond acceptors (Lipinski definition) is 2. The molecule has 0 atom stereocenters. The van der Waals surface area contributed by atoms with Crippen molar-refractivity contribution in [2.45, 2.75) is 11.4 Å². The van der Waals surface area contributed by atoms with Gasteiger partial charge in [0.25, 0.3) is 0 Å². The largest absolute Gasteiger partial charge is 0.287 e. The maximum absolute atomic E-state index is 12.2. The van der Waals surface area contributed by atoms with Crippen molar-refractivity contribution < 1.29 is 9.36 Å². The summed E-state index contributed by atoms with van der Waals surface area (Å²) in [6, 6.07) is 17.3. The van der Waals surface area contributed by atoms with Crippen LogP contribution in [0.15, 0.2) is 71.9 Å². The number of nitrogens with zero attached hydrogens (tertiary/aromatic N) is 1. The summed E-state index contributed by atoms with van der Waals surface area (Å²) in [4.78, 5) is 13.1. The molecule has 0 unspecified atom stereocenters. The summed E-state index contributed by atoms with van der Waals surface area (Å²) >= 11 is 4.44. The van der Waals surface area contributed by atoms with Gasteiger partial charge in [-0.3, -0.25) is 4.79 Å². The summed E-state index contributed by atoms with van der Waals surface area (Å²) in [5.74, 6) is 0.108. The van der Waals surface area contributed by atoms with Crippen LogP contribution in [0.5, 0.6) is 0 Å². The molecule has 3 rings (SSSR count). The van der Waals surface area contributed by atoms with E-state index in [-0.39, 0.29) is 5.78 Å². The van der Waals surface area contributed by atoms with Crippen molar-refractivity contribution in [2.75, 3.05) is 0 Å². The Balaban J connectivity index is 1.90. The first kappa shape index (κ1) is 12.9. The third-order valence-electron chi connectivity index (χ3n) is 3.28. The lowest BCUT2D eigenvalue weighted by Gasteiger charge is -2.01. The van der Waals surface area contributed by atoms with Crippen molar-refractivity contribution in [1.29, 1.82) is 0 Å². The number of aromatic nitrogens is 1. The van der Waals surface area contributed by atoms with Crippen LogP contribution in [0.2, 0.25) is 0 Å². The van der Waals surface area contributed by atoms with Crippen molar-refractivity contribution in [2.24, 2.45) is 0 Å². The van der Waals surface area contributed by atoms with E-state index in [9.17, 15) is 4.79 Å². The molecule has 2 aromatic carbocycles. The Hall–Kier alpha value is -2.13. The number of rotatable bonds is 3. The van der Waals surface area contributed by atoms with Gasteiger partial charge in [-0.25, -0.2) is 0 Å². The molecule has 2 nitrogen and oxygen atoms in total. The topological polar surface area (TPSA) is 20.9 Å². The highest BCUT2D eigenvalue weighted by atomic mass is 32.1. The van der Waals surface area contributed by atoms with Crippen LogP contribution in [-0.4, -0.2) is 5.78 Å². The molecule has 0 aliphatic rings. The van der Waals surface area contributed by atoms with Gasteiger partial charge in [0.05, 0.1) is 0 Å². The minimum atomic E-state index is 0.108. The molecule has 98 valence electrons. The van der Waals surface area contributed by atoms with Crippen LogP contribution >= 0.6 is 12.6 Å². The summed E-state index contributed by atoms with van der Waals surface area (Å²) in [7, 11) is 0. The van der Waals surface area contributed by atoms with Gasteiger partial charge < -0.3 is 0 Å². The quantitative estimate of drug-likeness (QED) is 0.443. The molecule has 0 N–H and O–H groups in total. The third-order valence-corrected chi connectivity index (χ3v) is 3.67. The number of benzene rings is 2. The minimum absolute atomic E-state index is 0.108. The van der Waals surface area contributed by atoms with Crippen LogP contribution in [0.3, 0.4) is 0 Å². The zero-order valence-electron chi connectivity index (χ0n) is 10.9. The third kappa shape index (κ3) is 2.58. The maximum Gasteiger partial charge on any atom is 0.227 e. The normalized spacial score (nSPS) is 10.7. The van der Waals surface area contributed by atoms with E-state index in [0.29, 0.717) is 6.54 Å². The molecule has 0 amide bonds. The van der Waals surface area contributed by atoms with E-state index in [1.54, 1.807) is 0 Å². The molecule has 20 heavy (non-hydrogen) atoms. The molecule has 3 aromatic rings. The first-order chi connectivity index (χ1) is 9.74. The molecular weight excluding hydrogens is 266 g/mol. The fourth-order valence-corrected chi connectivity index (χ4v) is 2.53. The van der Waals surface area contributed by atoms with E-state index in [1.807, 2.05) is 71.6 Å². The predicted octanol–water partition coefficient (Wildman–Crippen LogP) is 3.30. The Morgan fingerprint density at radius 3 is 2.60 bits per heavy atom. The second kappa shape index (κ2) is 5.47. The van der Waals surface area contributed by atoms with Gasteiger partial charge in [-0.2, -0.15) is 4.57 Å². The highest BCUT2D eigenvalue weighted by Gasteiger charge is 2.12. The molecule has 1 aromatic heterocycles. The Labute approximate surface area is 123 Å². The van der Waals surface area contributed by atoms with Gasteiger partial charge >= 0.3 is 0 Å². The van der Waals surface area contributed by atoms with Crippen LogP contribution in [-0.2, 0) is 6.54 Å². The molecule has 0 saturated carbocycles. The van der Waals surface area contributed by atoms with Crippen LogP contribution < -0.4 is 4.57 Å². The summed E-state index contributed by atoms with van der Waals surface area (Å²) < 4.78 is 1.91. The molecule has 1 heterocycles. The number of fused-ring (bicyclic) bond motifs is 1. The van der Waals surface area contributed by atoms with Crippen molar-refractivity contribution >= 4 is 29.2 Å². The number of thiol groups is 1. The van der Waals surface area contributed by atoms with Gasteiger partial charge in [0, 0.05) is 27.3 Å². The highest BCUT2D eigenvalue weighted by molar-refractivity contribution is 7.80. The monoisotopic (exact) mass is 280 g/mol. The fourth-order valence-electron chi connectivity index (χ4n) is 2.24. The van der Waals surface area contributed by atoms with E-state index < -0.39 is 0 Å². The van der Waals surface area contributed by atoms with E-state index in [2.05, 4.69) is 12.6 Å². The van der Waals surface area contributed by atoms with Gasteiger partial charge in [0.1, 0.15) is 0 Å². The number of pyridine rings is 1. The van der Waals surface area contributed by atoms with Crippen LogP contribution in [0, 0.1) is 0 Å². The standard InChI is InChI=1S/C17H13NOS/c19-16(13-5-2-1-3-6-13)12-18-10-9-15-14(11-18)7-4-8-17(15)20/h1-11H,12H2/p+1. The lowest BCUT2D eigenvalue weighted by atomic mass is 10.1. The Morgan fingerprint density at radius 1 is 1.00 bits per heavy atom. The highest BCUT2D eigenvalue weighted by Crippen LogP contribution is 2.19. The summed E-state index contributed by atoms with van der Waals surface area (Å²) in [6.07, 6.45) is 3.90. The number of carbonyl (C=O) groups is 1. The molecule has 0 aliphatic carbocycles. The van der Waals surface area contributed by atoms with E-state index in [1.165, 1.54) is 0 Å². The van der Waals surface area contributed by atoms with Gasteiger partial charge in [-0.15, -0.1) is 12.6 Å². The number of Topliss-reactive ketones (excluding diaryl/α,β-unsaturated/α-hetero) is 1. The molecule has 0 saturated heterocycles. The van der Waals surface area contributed by atoms with Gasteiger partial charge in [0.2, 0.25) is 12.3 Å². The minimum Gasteiger partial charge on any atom is -0.287 e. The lowest BCUT2D eigenvalue weighted by Crippen LogP contribution is -2.37. The molecule has 0 bridgehead atoms. The Bertz CT molecular complexity index is 768. The summed E-state index contributed by atoms with van der Waals surface area (Å²) in [5, 5.41) is 2.18. The molecular formula is C17H14NOS+. The Kier molecular flexibility index (Phi) is 3.52. The molecule has 0 spiro atoms. The molecule has 3 heteroatoms. The number of carbonyl (C=O) groups excluding carboxylic acids is 1. The zero-order valence-corrected chi connectivity index (χ0v) is 11.8. The average molecular weight is 280 g/mol. The van der Waals surface area contributed by atoms with Crippen LogP contribution in [0.25, 0.3) is 10.8 Å². The van der Waals surface area contributed by atoms with Gasteiger partial charge in [-0.1, -0.05) is 36.4 Å². The molecule has 0 radical (unpaired) electrons. The first-order valence-electron chi connectivity index (χ1n) is 6.43. The van der Waals surface area contributed by atoms with Crippen molar-refractivity contribution in [3.8, 4) is 0 Å². The summed E-state index contributed by atoms with van der Waals surface area (Å²) in [5.41, 5.74) is 0.739. The number of hydrogen-bond donors (Lipinski definition) is 1. The second-order valence-electron chi connectivity index (χ2n) is 4.69. The maximum atomic E-state index is 12.2. The SMILES string of the molecule is O=C(C[n+]1ccc2c(S)cccc2c1)c1ccccc1. The van der Waals surface area contributed by atoms with E-state index in [0.717, 1.165) is 21.2 Å². The van der Waals surface area contributed by atoms with E-state index >= 15 is 0 Å². The first-order valence-corrected chi connectivity index (χ1v) is 6.88. The predicted molar refractivity (Wildman–Crippen MR) is 82.2 cm³/mol. The average Bonchev–Trinajstić information content (AvgIpc) is 2.48. The number of ketones is 1. The second-order valence-corrected chi connectivity index (χ2v) is 5.17. The van der Waals surface area contributed by atoms with Gasteiger partial charge in [-0.05, 0) is 12.1 Å². The zero-order chi connectivity index (χ0) is 13.9. The van der Waals surface area contributed by atoms with Crippen molar-refractivity contribution in [1.82, 2.24) is 0 Å². The molecule has 0 fully saturated rings. The van der Waals surface area contributed by atoms with Gasteiger partial charge in [0.15, 0.2) is 12.4 Å². The molecule has 0 aliphatic heterocycles. The fraction of sp³-hybridized carbons (Fsp3) is 0.0588. The van der Waals surface area contributed by atoms with Crippen molar-refractivity contribution in [3.63, 3.8) is 0 Å². The lowest BCUT2D eigenvalue weighted by molar-refractivity contribution is -0.681. The smallest absolute Gasteiger partial charge is 0.227 e. The van der Waals surface area contributed by atoms with Crippen LogP contribution in [0.4, 0.5) is 0 Å². The van der Waals surface area contributed by atoms with Crippen molar-refractivity contribution in [3.05, 3.63) is 72.6 Å². The summed E-state index contributed by atoms with van der Waals surface area (Å²) in [6.45, 7) is 0.344. The van der Waals surface area contributed by atoms with E-state index in [4.69, 9.17) is 0 Å².